The molecule has 1 aliphatic carbocycles. The molecule has 0 atom stereocenters. The molecule has 0 bridgehead atoms. The normalized spacial score (nSPS) is 23.1. The quantitative estimate of drug-likeness (QED) is 0.743. The van der Waals surface area contributed by atoms with Crippen molar-refractivity contribution in [3.8, 4) is 0 Å². The Kier molecular flexibility index (Phi) is 5.66. The number of aliphatic hydroxyl groups is 1. The summed E-state index contributed by atoms with van der Waals surface area (Å²) in [5.41, 5.74) is 0. The maximum atomic E-state index is 8.98. The van der Waals surface area contributed by atoms with Crippen molar-refractivity contribution in [2.75, 3.05) is 39.3 Å². The van der Waals surface area contributed by atoms with E-state index < -0.39 is 0 Å². The fourth-order valence-corrected chi connectivity index (χ4v) is 3.22. The maximum absolute atomic E-state index is 8.98. The average Bonchev–Trinajstić information content (AvgIpc) is 2.74. The Morgan fingerprint density at radius 1 is 1.11 bits per heavy atom. The minimum absolute atomic E-state index is 0.255. The second kappa shape index (κ2) is 7.26. The van der Waals surface area contributed by atoms with Crippen molar-refractivity contribution in [1.29, 1.82) is 0 Å². The molecule has 2 aliphatic rings. The van der Waals surface area contributed by atoms with E-state index in [4.69, 9.17) is 17.3 Å². The van der Waals surface area contributed by atoms with Gasteiger partial charge in [0.1, 0.15) is 0 Å². The Morgan fingerprint density at radius 3 is 2.61 bits per heavy atom. The van der Waals surface area contributed by atoms with Gasteiger partial charge in [0.15, 0.2) is 5.11 Å². The van der Waals surface area contributed by atoms with Crippen LogP contribution in [0.3, 0.4) is 0 Å². The molecular weight excluding hydrogens is 246 g/mol. The fraction of sp³-hybridized carbons (Fsp3) is 0.923. The van der Waals surface area contributed by atoms with Crippen LogP contribution in [0.15, 0.2) is 0 Å². The van der Waals surface area contributed by atoms with Crippen LogP contribution in [-0.2, 0) is 0 Å². The summed E-state index contributed by atoms with van der Waals surface area (Å²) in [6, 6.07) is 0.606. The Hall–Kier alpha value is -0.390. The first-order valence-electron chi connectivity index (χ1n) is 7.18. The molecule has 4 nitrogen and oxygen atoms in total. The highest BCUT2D eigenvalue weighted by Crippen LogP contribution is 2.18. The zero-order valence-corrected chi connectivity index (χ0v) is 11.9. The van der Waals surface area contributed by atoms with Crippen LogP contribution in [-0.4, -0.2) is 65.4 Å². The molecule has 0 unspecified atom stereocenters. The van der Waals surface area contributed by atoms with Crippen LogP contribution in [0.4, 0.5) is 0 Å². The lowest BCUT2D eigenvalue weighted by molar-refractivity contribution is 0.201. The van der Waals surface area contributed by atoms with Crippen molar-refractivity contribution in [2.45, 2.75) is 38.1 Å². The highest BCUT2D eigenvalue weighted by Gasteiger charge is 2.20. The lowest BCUT2D eigenvalue weighted by Crippen LogP contribution is -2.45. The number of hydrogen-bond acceptors (Lipinski definition) is 3. The lowest BCUT2D eigenvalue weighted by atomic mass is 10.2. The molecule has 0 spiro atoms. The molecular formula is C13H25N3OS. The summed E-state index contributed by atoms with van der Waals surface area (Å²) in [6.45, 7) is 5.15. The van der Waals surface area contributed by atoms with Gasteiger partial charge in [-0.2, -0.15) is 0 Å². The van der Waals surface area contributed by atoms with E-state index in [0.717, 1.165) is 44.3 Å². The summed E-state index contributed by atoms with van der Waals surface area (Å²) in [4.78, 5) is 4.61. The molecule has 2 N–H and O–H groups in total. The molecule has 0 aromatic heterocycles. The van der Waals surface area contributed by atoms with Gasteiger partial charge in [-0.1, -0.05) is 12.8 Å². The minimum atomic E-state index is 0.255. The highest BCUT2D eigenvalue weighted by molar-refractivity contribution is 7.80. The van der Waals surface area contributed by atoms with Crippen molar-refractivity contribution in [3.63, 3.8) is 0 Å². The molecule has 18 heavy (non-hydrogen) atoms. The average molecular weight is 271 g/mol. The third-order valence-electron chi connectivity index (χ3n) is 3.97. The molecule has 0 aromatic rings. The highest BCUT2D eigenvalue weighted by atomic mass is 32.1. The Bertz CT molecular complexity index is 269. The van der Waals surface area contributed by atoms with Gasteiger partial charge in [0.05, 0.1) is 6.61 Å². The number of aliphatic hydroxyl groups excluding tert-OH is 1. The summed E-state index contributed by atoms with van der Waals surface area (Å²) < 4.78 is 0. The summed E-state index contributed by atoms with van der Waals surface area (Å²) in [5, 5.41) is 13.4. The van der Waals surface area contributed by atoms with Crippen LogP contribution in [0.1, 0.15) is 32.1 Å². The summed E-state index contributed by atoms with van der Waals surface area (Å²) in [7, 11) is 0. The van der Waals surface area contributed by atoms with Crippen LogP contribution >= 0.6 is 12.2 Å². The minimum Gasteiger partial charge on any atom is -0.395 e. The molecule has 1 saturated heterocycles. The number of hydrogen-bond donors (Lipinski definition) is 2. The molecule has 0 amide bonds. The predicted molar refractivity (Wildman–Crippen MR) is 77.7 cm³/mol. The number of rotatable bonds is 3. The van der Waals surface area contributed by atoms with Crippen LogP contribution in [0.5, 0.6) is 0 Å². The number of β-amino-alcohol motifs (C(OH)–C–C–N with tert-alkyl or cyclic N) is 1. The van der Waals surface area contributed by atoms with Gasteiger partial charge >= 0.3 is 0 Å². The Labute approximate surface area is 115 Å². The maximum Gasteiger partial charge on any atom is 0.169 e. The number of thiocarbonyl (C=S) groups is 1. The van der Waals surface area contributed by atoms with Crippen LogP contribution in [0.25, 0.3) is 0 Å². The van der Waals surface area contributed by atoms with Gasteiger partial charge in [0.25, 0.3) is 0 Å². The second-order valence-electron chi connectivity index (χ2n) is 5.34. The zero-order chi connectivity index (χ0) is 12.8. The predicted octanol–water partition coefficient (Wildman–Crippen LogP) is 0.803. The van der Waals surface area contributed by atoms with Crippen molar-refractivity contribution in [1.82, 2.24) is 15.1 Å². The molecule has 0 aromatic carbocycles. The first kappa shape index (κ1) is 14.0. The van der Waals surface area contributed by atoms with Gasteiger partial charge in [0.2, 0.25) is 0 Å². The topological polar surface area (TPSA) is 38.7 Å². The van der Waals surface area contributed by atoms with Gasteiger partial charge in [-0.15, -0.1) is 0 Å². The smallest absolute Gasteiger partial charge is 0.169 e. The lowest BCUT2D eigenvalue weighted by Gasteiger charge is -2.26. The molecule has 1 aliphatic heterocycles. The van der Waals surface area contributed by atoms with Crippen molar-refractivity contribution >= 4 is 17.3 Å². The van der Waals surface area contributed by atoms with Crippen molar-refractivity contribution in [3.05, 3.63) is 0 Å². The van der Waals surface area contributed by atoms with E-state index in [9.17, 15) is 0 Å². The molecule has 104 valence electrons. The summed E-state index contributed by atoms with van der Waals surface area (Å²) >= 11 is 5.52. The van der Waals surface area contributed by atoms with Crippen LogP contribution < -0.4 is 5.32 Å². The van der Waals surface area contributed by atoms with Gasteiger partial charge < -0.3 is 15.3 Å². The molecule has 0 radical (unpaired) electrons. The van der Waals surface area contributed by atoms with E-state index in [1.54, 1.807) is 0 Å². The van der Waals surface area contributed by atoms with Crippen LogP contribution in [0, 0.1) is 0 Å². The first-order chi connectivity index (χ1) is 8.79. The van der Waals surface area contributed by atoms with Crippen molar-refractivity contribution < 1.29 is 5.11 Å². The number of nitrogens with one attached hydrogen (secondary N) is 1. The molecule has 5 heteroatoms. The Balaban J connectivity index is 1.76. The summed E-state index contributed by atoms with van der Waals surface area (Å²) in [5.74, 6) is 0. The molecule has 2 rings (SSSR count). The Morgan fingerprint density at radius 2 is 1.89 bits per heavy atom. The SMILES string of the molecule is OCCN1CCCN(C(=S)NC2CCCC2)CC1. The molecule has 1 saturated carbocycles. The van der Waals surface area contributed by atoms with Gasteiger partial charge in [-0.3, -0.25) is 4.90 Å². The van der Waals surface area contributed by atoms with E-state index in [0.29, 0.717) is 6.04 Å². The third-order valence-corrected chi connectivity index (χ3v) is 4.35. The molecule has 2 fully saturated rings. The largest absolute Gasteiger partial charge is 0.395 e. The summed E-state index contributed by atoms with van der Waals surface area (Å²) in [6.07, 6.45) is 6.34. The fourth-order valence-electron chi connectivity index (χ4n) is 2.88. The van der Waals surface area contributed by atoms with E-state index >= 15 is 0 Å². The van der Waals surface area contributed by atoms with E-state index in [1.165, 1.54) is 25.7 Å². The standard InChI is InChI=1S/C13H25N3OS/c17-11-10-15-6-3-7-16(9-8-15)13(18)14-12-4-1-2-5-12/h12,17H,1-11H2,(H,14,18). The van der Waals surface area contributed by atoms with Gasteiger partial charge in [-0.05, 0) is 38.0 Å². The number of nitrogens with zero attached hydrogens (tertiary/aromatic N) is 2. The van der Waals surface area contributed by atoms with E-state index in [1.807, 2.05) is 0 Å². The molecule has 1 heterocycles. The third kappa shape index (κ3) is 4.07. The van der Waals surface area contributed by atoms with Crippen LogP contribution in [0.2, 0.25) is 0 Å². The zero-order valence-electron chi connectivity index (χ0n) is 11.1. The first-order valence-corrected chi connectivity index (χ1v) is 7.59. The second-order valence-corrected chi connectivity index (χ2v) is 5.72. The van der Waals surface area contributed by atoms with Crippen molar-refractivity contribution in [2.24, 2.45) is 0 Å². The van der Waals surface area contributed by atoms with Gasteiger partial charge in [0, 0.05) is 32.2 Å². The monoisotopic (exact) mass is 271 g/mol. The van der Waals surface area contributed by atoms with E-state index in [2.05, 4.69) is 15.1 Å². The van der Waals surface area contributed by atoms with Gasteiger partial charge in [-0.25, -0.2) is 0 Å². The van der Waals surface area contributed by atoms with E-state index in [-0.39, 0.29) is 6.61 Å².